The summed E-state index contributed by atoms with van der Waals surface area (Å²) in [7, 11) is 0. The van der Waals surface area contributed by atoms with Crippen molar-refractivity contribution >= 4 is 5.69 Å². The third-order valence-electron chi connectivity index (χ3n) is 2.04. The summed E-state index contributed by atoms with van der Waals surface area (Å²) in [6.45, 7) is 1.94. The summed E-state index contributed by atoms with van der Waals surface area (Å²) in [6, 6.07) is 7.47. The van der Waals surface area contributed by atoms with Crippen LogP contribution in [0.15, 0.2) is 18.2 Å². The van der Waals surface area contributed by atoms with Crippen LogP contribution in [0.3, 0.4) is 0 Å². The lowest BCUT2D eigenvalue weighted by Crippen LogP contribution is -2.09. The maximum absolute atomic E-state index is 8.46. The van der Waals surface area contributed by atoms with Crippen LogP contribution in [0.4, 0.5) is 5.69 Å². The molecule has 0 aromatic heterocycles. The quantitative estimate of drug-likeness (QED) is 0.668. The van der Waals surface area contributed by atoms with Crippen molar-refractivity contribution in [2.24, 2.45) is 5.73 Å². The van der Waals surface area contributed by atoms with Crippen LogP contribution in [0.1, 0.15) is 23.6 Å². The first-order chi connectivity index (χ1) is 6.15. The minimum absolute atomic E-state index is 0.229. The highest BCUT2D eigenvalue weighted by atomic mass is 14.6. The second-order valence-electron chi connectivity index (χ2n) is 3.08. The van der Waals surface area contributed by atoms with Crippen LogP contribution in [-0.4, -0.2) is 0 Å². The van der Waals surface area contributed by atoms with Crippen molar-refractivity contribution < 1.29 is 0 Å². The van der Waals surface area contributed by atoms with Gasteiger partial charge in [-0.05, 0) is 24.1 Å². The van der Waals surface area contributed by atoms with Crippen molar-refractivity contribution in [1.82, 2.24) is 0 Å². The Kier molecular flexibility index (Phi) is 2.88. The van der Waals surface area contributed by atoms with Gasteiger partial charge in [0.1, 0.15) is 0 Å². The van der Waals surface area contributed by atoms with Crippen LogP contribution < -0.4 is 11.5 Å². The number of rotatable bonds is 2. The third kappa shape index (κ3) is 2.20. The summed E-state index contributed by atoms with van der Waals surface area (Å²) < 4.78 is 0. The molecule has 0 fully saturated rings. The summed E-state index contributed by atoms with van der Waals surface area (Å²) >= 11 is 0. The standard InChI is InChI=1S/C10H13N3/c1-7-2-3-8(6-10(7)13)9(12)4-5-11/h2-3,6,9H,4,12-13H2,1H3/t9-/m1/s1. The molecule has 68 valence electrons. The van der Waals surface area contributed by atoms with Crippen molar-refractivity contribution in [2.45, 2.75) is 19.4 Å². The van der Waals surface area contributed by atoms with Crippen molar-refractivity contribution in [1.29, 1.82) is 5.26 Å². The topological polar surface area (TPSA) is 75.8 Å². The van der Waals surface area contributed by atoms with Crippen molar-refractivity contribution in [3.8, 4) is 6.07 Å². The smallest absolute Gasteiger partial charge is 0.0641 e. The Morgan fingerprint density at radius 2 is 2.23 bits per heavy atom. The first-order valence-electron chi connectivity index (χ1n) is 4.13. The fourth-order valence-electron chi connectivity index (χ4n) is 1.11. The molecule has 0 aliphatic rings. The molecule has 3 nitrogen and oxygen atoms in total. The minimum Gasteiger partial charge on any atom is -0.399 e. The molecule has 1 rings (SSSR count). The SMILES string of the molecule is Cc1ccc([C@H](N)CC#N)cc1N. The molecule has 0 bridgehead atoms. The number of hydrogen-bond donors (Lipinski definition) is 2. The molecule has 0 saturated carbocycles. The molecule has 0 unspecified atom stereocenters. The third-order valence-corrected chi connectivity index (χ3v) is 2.04. The Labute approximate surface area is 78.0 Å². The van der Waals surface area contributed by atoms with Gasteiger partial charge >= 0.3 is 0 Å². The molecular formula is C10H13N3. The maximum atomic E-state index is 8.46. The molecule has 0 amide bonds. The second kappa shape index (κ2) is 3.92. The Bertz CT molecular complexity index is 339. The lowest BCUT2D eigenvalue weighted by molar-refractivity contribution is 0.749. The highest BCUT2D eigenvalue weighted by molar-refractivity contribution is 5.49. The van der Waals surface area contributed by atoms with Crippen LogP contribution >= 0.6 is 0 Å². The van der Waals surface area contributed by atoms with Crippen LogP contribution in [0, 0.1) is 18.3 Å². The number of anilines is 1. The number of nitrogen functional groups attached to an aromatic ring is 1. The van der Waals surface area contributed by atoms with Crippen molar-refractivity contribution in [3.05, 3.63) is 29.3 Å². The molecule has 4 N–H and O–H groups in total. The first-order valence-corrected chi connectivity index (χ1v) is 4.13. The van der Waals surface area contributed by atoms with E-state index in [4.69, 9.17) is 16.7 Å². The van der Waals surface area contributed by atoms with Crippen LogP contribution in [-0.2, 0) is 0 Å². The Balaban J connectivity index is 2.91. The van der Waals surface area contributed by atoms with E-state index in [-0.39, 0.29) is 6.04 Å². The average molecular weight is 175 g/mol. The lowest BCUT2D eigenvalue weighted by atomic mass is 10.0. The molecule has 1 atom stereocenters. The van der Waals surface area contributed by atoms with Crippen LogP contribution in [0.25, 0.3) is 0 Å². The van der Waals surface area contributed by atoms with E-state index in [0.717, 1.165) is 16.8 Å². The zero-order valence-corrected chi connectivity index (χ0v) is 7.62. The molecule has 1 aromatic carbocycles. The molecule has 0 aliphatic heterocycles. The average Bonchev–Trinajstić information content (AvgIpc) is 2.10. The Morgan fingerprint density at radius 3 is 2.77 bits per heavy atom. The normalized spacial score (nSPS) is 12.1. The summed E-state index contributed by atoms with van der Waals surface area (Å²) in [5, 5.41) is 8.46. The van der Waals surface area contributed by atoms with Gasteiger partial charge in [-0.2, -0.15) is 5.26 Å². The van der Waals surface area contributed by atoms with Gasteiger partial charge in [0.15, 0.2) is 0 Å². The molecule has 0 saturated heterocycles. The monoisotopic (exact) mass is 175 g/mol. The van der Waals surface area contributed by atoms with E-state index in [1.165, 1.54) is 0 Å². The molecule has 0 radical (unpaired) electrons. The first kappa shape index (κ1) is 9.56. The number of nitrogens with zero attached hydrogens (tertiary/aromatic N) is 1. The maximum Gasteiger partial charge on any atom is 0.0641 e. The van der Waals surface area contributed by atoms with Gasteiger partial charge in [0.05, 0.1) is 12.5 Å². The van der Waals surface area contributed by atoms with Gasteiger partial charge in [-0.3, -0.25) is 0 Å². The number of nitriles is 1. The van der Waals surface area contributed by atoms with Crippen molar-refractivity contribution in [2.75, 3.05) is 5.73 Å². The van der Waals surface area contributed by atoms with Crippen molar-refractivity contribution in [3.63, 3.8) is 0 Å². The molecule has 13 heavy (non-hydrogen) atoms. The Morgan fingerprint density at radius 1 is 1.54 bits per heavy atom. The number of nitrogens with two attached hydrogens (primary N) is 2. The summed E-state index contributed by atoms with van der Waals surface area (Å²) in [5.74, 6) is 0. The van der Waals surface area contributed by atoms with E-state index in [1.54, 1.807) is 0 Å². The number of hydrogen-bond acceptors (Lipinski definition) is 3. The fraction of sp³-hybridized carbons (Fsp3) is 0.300. The van der Waals surface area contributed by atoms with Crippen LogP contribution in [0.2, 0.25) is 0 Å². The zero-order valence-electron chi connectivity index (χ0n) is 7.62. The van der Waals surface area contributed by atoms with E-state index in [2.05, 4.69) is 0 Å². The molecule has 0 aliphatic carbocycles. The second-order valence-corrected chi connectivity index (χ2v) is 3.08. The molecule has 0 spiro atoms. The summed E-state index contributed by atoms with van der Waals surface area (Å²) in [4.78, 5) is 0. The highest BCUT2D eigenvalue weighted by Gasteiger charge is 2.05. The van der Waals surface area contributed by atoms with Gasteiger partial charge in [0.25, 0.3) is 0 Å². The highest BCUT2D eigenvalue weighted by Crippen LogP contribution is 2.19. The van der Waals surface area contributed by atoms with Gasteiger partial charge in [0.2, 0.25) is 0 Å². The molecule has 0 heterocycles. The van der Waals surface area contributed by atoms with E-state index in [1.807, 2.05) is 31.2 Å². The predicted octanol–water partition coefficient (Wildman–Crippen LogP) is 1.49. The van der Waals surface area contributed by atoms with E-state index in [0.29, 0.717) is 6.42 Å². The fourth-order valence-corrected chi connectivity index (χ4v) is 1.11. The number of benzene rings is 1. The number of aryl methyl sites for hydroxylation is 1. The molecular weight excluding hydrogens is 162 g/mol. The van der Waals surface area contributed by atoms with E-state index < -0.39 is 0 Å². The van der Waals surface area contributed by atoms with Gasteiger partial charge in [-0.1, -0.05) is 12.1 Å². The van der Waals surface area contributed by atoms with Gasteiger partial charge < -0.3 is 11.5 Å². The lowest BCUT2D eigenvalue weighted by Gasteiger charge is -2.09. The predicted molar refractivity (Wildman–Crippen MR) is 52.7 cm³/mol. The summed E-state index contributed by atoms with van der Waals surface area (Å²) in [5.41, 5.74) is 14.1. The summed E-state index contributed by atoms with van der Waals surface area (Å²) in [6.07, 6.45) is 0.322. The largest absolute Gasteiger partial charge is 0.399 e. The van der Waals surface area contributed by atoms with E-state index >= 15 is 0 Å². The minimum atomic E-state index is -0.229. The van der Waals surface area contributed by atoms with Crippen LogP contribution in [0.5, 0.6) is 0 Å². The zero-order chi connectivity index (χ0) is 9.84. The molecule has 3 heteroatoms. The molecule has 1 aromatic rings. The van der Waals surface area contributed by atoms with Gasteiger partial charge in [-0.25, -0.2) is 0 Å². The van der Waals surface area contributed by atoms with E-state index in [9.17, 15) is 0 Å². The van der Waals surface area contributed by atoms with Gasteiger partial charge in [0, 0.05) is 11.7 Å². The Hall–Kier alpha value is -1.53. The van der Waals surface area contributed by atoms with Gasteiger partial charge in [-0.15, -0.1) is 0 Å².